The Morgan fingerprint density at radius 2 is 1.65 bits per heavy atom. The van der Waals surface area contributed by atoms with Crippen molar-refractivity contribution in [3.05, 3.63) is 71.3 Å². The molecule has 182 valence electrons. The summed E-state index contributed by atoms with van der Waals surface area (Å²) in [7, 11) is 0. The van der Waals surface area contributed by atoms with Gasteiger partial charge in [-0.05, 0) is 61.8 Å². The molecule has 34 heavy (non-hydrogen) atoms. The lowest BCUT2D eigenvalue weighted by molar-refractivity contribution is -0.137. The summed E-state index contributed by atoms with van der Waals surface area (Å²) in [6, 6.07) is 15.5. The maximum Gasteiger partial charge on any atom is 0.416 e. The van der Waals surface area contributed by atoms with E-state index in [9.17, 15) is 22.8 Å². The van der Waals surface area contributed by atoms with Gasteiger partial charge < -0.3 is 15.5 Å². The molecule has 1 heterocycles. The van der Waals surface area contributed by atoms with Crippen LogP contribution in [0.25, 0.3) is 0 Å². The zero-order valence-corrected chi connectivity index (χ0v) is 19.0. The van der Waals surface area contributed by atoms with Crippen LogP contribution in [0.5, 0.6) is 0 Å². The third-order valence-electron chi connectivity index (χ3n) is 6.86. The molecule has 0 spiro atoms. The molecule has 0 unspecified atom stereocenters. The molecule has 1 saturated heterocycles. The number of hydrogen-bond donors (Lipinski definition) is 2. The zero-order valence-electron chi connectivity index (χ0n) is 19.0. The van der Waals surface area contributed by atoms with Gasteiger partial charge in [0, 0.05) is 30.7 Å². The van der Waals surface area contributed by atoms with Crippen molar-refractivity contribution < 1.29 is 22.8 Å². The van der Waals surface area contributed by atoms with E-state index < -0.39 is 17.6 Å². The van der Waals surface area contributed by atoms with Crippen LogP contribution in [0.15, 0.2) is 54.6 Å². The number of hydrogen-bond acceptors (Lipinski definition) is 3. The first kappa shape index (κ1) is 24.3. The van der Waals surface area contributed by atoms with Gasteiger partial charge in [-0.25, -0.2) is 0 Å². The van der Waals surface area contributed by atoms with E-state index in [1.165, 1.54) is 17.7 Å². The molecule has 2 N–H and O–H groups in total. The van der Waals surface area contributed by atoms with E-state index in [0.29, 0.717) is 25.0 Å². The van der Waals surface area contributed by atoms with Crippen molar-refractivity contribution in [2.75, 3.05) is 19.6 Å². The van der Waals surface area contributed by atoms with Crippen molar-refractivity contribution in [3.8, 4) is 0 Å². The Hall–Kier alpha value is -2.87. The van der Waals surface area contributed by atoms with Crippen LogP contribution in [-0.2, 0) is 11.0 Å². The minimum absolute atomic E-state index is 0.116. The Bertz CT molecular complexity index is 988. The standard InChI is InChI=1S/C26H30F3N3O2/c27-26(28,29)21-8-4-7-20(15-21)25(34)30-16-24(33)32-14-13-23(17-32)31-22-11-9-19(10-12-22)18-5-2-1-3-6-18/h1-8,15,19,22-23,31H,9-14,16-17H2,(H,30,34)/t19?,22?,23-/m0/s1. The number of nitrogens with zero attached hydrogens (tertiary/aromatic N) is 1. The molecule has 1 saturated carbocycles. The lowest BCUT2D eigenvalue weighted by Crippen LogP contribution is -2.44. The molecular formula is C26H30F3N3O2. The molecule has 2 aliphatic rings. The number of benzene rings is 2. The molecule has 0 radical (unpaired) electrons. The molecule has 5 nitrogen and oxygen atoms in total. The van der Waals surface area contributed by atoms with Crippen LogP contribution in [0.2, 0.25) is 0 Å². The minimum Gasteiger partial charge on any atom is -0.343 e. The number of likely N-dealkylation sites (tertiary alicyclic amines) is 1. The monoisotopic (exact) mass is 473 g/mol. The molecule has 1 aliphatic carbocycles. The molecule has 2 aromatic rings. The van der Waals surface area contributed by atoms with Gasteiger partial charge in [-0.3, -0.25) is 9.59 Å². The minimum atomic E-state index is -4.52. The summed E-state index contributed by atoms with van der Waals surface area (Å²) in [5.41, 5.74) is 0.401. The molecule has 4 rings (SSSR count). The molecular weight excluding hydrogens is 443 g/mol. The van der Waals surface area contributed by atoms with Gasteiger partial charge in [0.25, 0.3) is 5.91 Å². The second-order valence-electron chi connectivity index (χ2n) is 9.21. The zero-order chi connectivity index (χ0) is 24.1. The molecule has 1 atom stereocenters. The number of nitrogens with one attached hydrogen (secondary N) is 2. The fourth-order valence-corrected chi connectivity index (χ4v) is 4.98. The molecule has 2 aromatic carbocycles. The predicted molar refractivity (Wildman–Crippen MR) is 123 cm³/mol. The van der Waals surface area contributed by atoms with Gasteiger partial charge >= 0.3 is 6.18 Å². The van der Waals surface area contributed by atoms with Crippen molar-refractivity contribution in [3.63, 3.8) is 0 Å². The topological polar surface area (TPSA) is 61.4 Å². The normalized spacial score (nSPS) is 23.0. The maximum absolute atomic E-state index is 12.9. The number of rotatable bonds is 6. The molecule has 0 aromatic heterocycles. The Morgan fingerprint density at radius 1 is 0.912 bits per heavy atom. The first-order valence-electron chi connectivity index (χ1n) is 11.8. The third kappa shape index (κ3) is 6.17. The predicted octanol–water partition coefficient (Wildman–Crippen LogP) is 4.35. The van der Waals surface area contributed by atoms with E-state index in [2.05, 4.69) is 34.9 Å². The fourth-order valence-electron chi connectivity index (χ4n) is 4.98. The van der Waals surface area contributed by atoms with Gasteiger partial charge in [0.05, 0.1) is 12.1 Å². The quantitative estimate of drug-likeness (QED) is 0.656. The molecule has 0 bridgehead atoms. The van der Waals surface area contributed by atoms with Crippen LogP contribution in [0.1, 0.15) is 59.5 Å². The van der Waals surface area contributed by atoms with Crippen LogP contribution in [0.3, 0.4) is 0 Å². The highest BCUT2D eigenvalue weighted by atomic mass is 19.4. The molecule has 1 aliphatic heterocycles. The number of amides is 2. The van der Waals surface area contributed by atoms with E-state index >= 15 is 0 Å². The number of carbonyl (C=O) groups is 2. The Morgan fingerprint density at radius 3 is 2.35 bits per heavy atom. The van der Waals surface area contributed by atoms with Gasteiger partial charge in [0.2, 0.25) is 5.91 Å². The summed E-state index contributed by atoms with van der Waals surface area (Å²) < 4.78 is 38.6. The highest BCUT2D eigenvalue weighted by Crippen LogP contribution is 2.33. The van der Waals surface area contributed by atoms with Crippen LogP contribution in [-0.4, -0.2) is 48.4 Å². The largest absolute Gasteiger partial charge is 0.416 e. The number of carbonyl (C=O) groups excluding carboxylic acids is 2. The first-order valence-corrected chi connectivity index (χ1v) is 11.8. The van der Waals surface area contributed by atoms with Crippen molar-refractivity contribution in [2.24, 2.45) is 0 Å². The van der Waals surface area contributed by atoms with Gasteiger partial charge in [-0.15, -0.1) is 0 Å². The van der Waals surface area contributed by atoms with E-state index in [0.717, 1.165) is 44.2 Å². The van der Waals surface area contributed by atoms with Crippen LogP contribution >= 0.6 is 0 Å². The highest BCUT2D eigenvalue weighted by Gasteiger charge is 2.32. The van der Waals surface area contributed by atoms with Crippen molar-refractivity contribution in [1.82, 2.24) is 15.5 Å². The second kappa shape index (κ2) is 10.6. The van der Waals surface area contributed by atoms with E-state index in [1.807, 2.05) is 6.07 Å². The summed E-state index contributed by atoms with van der Waals surface area (Å²) in [5.74, 6) is -0.303. The lowest BCUT2D eigenvalue weighted by Gasteiger charge is -2.31. The summed E-state index contributed by atoms with van der Waals surface area (Å²) >= 11 is 0. The summed E-state index contributed by atoms with van der Waals surface area (Å²) in [4.78, 5) is 26.5. The third-order valence-corrected chi connectivity index (χ3v) is 6.86. The number of alkyl halides is 3. The van der Waals surface area contributed by atoms with Crippen molar-refractivity contribution in [1.29, 1.82) is 0 Å². The van der Waals surface area contributed by atoms with Gasteiger partial charge in [-0.1, -0.05) is 36.4 Å². The molecule has 2 amide bonds. The summed E-state index contributed by atoms with van der Waals surface area (Å²) in [5, 5.41) is 6.15. The summed E-state index contributed by atoms with van der Waals surface area (Å²) in [6.07, 6.45) is 0.849. The van der Waals surface area contributed by atoms with Gasteiger partial charge in [0.1, 0.15) is 0 Å². The van der Waals surface area contributed by atoms with Crippen LogP contribution < -0.4 is 10.6 Å². The Kier molecular flexibility index (Phi) is 7.56. The number of halogens is 3. The Labute approximate surface area is 197 Å². The first-order chi connectivity index (χ1) is 16.3. The SMILES string of the molecule is O=C(NCC(=O)N1CC[C@H](NC2CCC(c3ccccc3)CC2)C1)c1cccc(C(F)(F)F)c1. The van der Waals surface area contributed by atoms with Crippen molar-refractivity contribution in [2.45, 2.75) is 56.3 Å². The van der Waals surface area contributed by atoms with Gasteiger partial charge in [-0.2, -0.15) is 13.2 Å². The fraction of sp³-hybridized carbons (Fsp3) is 0.462. The summed E-state index contributed by atoms with van der Waals surface area (Å²) in [6.45, 7) is 0.955. The van der Waals surface area contributed by atoms with Gasteiger partial charge in [0.15, 0.2) is 0 Å². The average Bonchev–Trinajstić information content (AvgIpc) is 3.31. The molecule has 8 heteroatoms. The molecule has 2 fully saturated rings. The van der Waals surface area contributed by atoms with E-state index in [1.54, 1.807) is 4.90 Å². The maximum atomic E-state index is 12.9. The average molecular weight is 474 g/mol. The van der Waals surface area contributed by atoms with E-state index in [-0.39, 0.29) is 24.1 Å². The van der Waals surface area contributed by atoms with Crippen LogP contribution in [0.4, 0.5) is 13.2 Å². The van der Waals surface area contributed by atoms with E-state index in [4.69, 9.17) is 0 Å². The lowest BCUT2D eigenvalue weighted by atomic mass is 9.81. The van der Waals surface area contributed by atoms with Crippen LogP contribution in [0, 0.1) is 0 Å². The smallest absolute Gasteiger partial charge is 0.343 e. The Balaban J connectivity index is 1.20. The van der Waals surface area contributed by atoms with Crippen molar-refractivity contribution >= 4 is 11.8 Å². The second-order valence-corrected chi connectivity index (χ2v) is 9.21. The highest BCUT2D eigenvalue weighted by molar-refractivity contribution is 5.96.